The van der Waals surface area contributed by atoms with Crippen LogP contribution in [0.25, 0.3) is 0 Å². The molecule has 0 aromatic rings. The number of amides is 3. The number of carbonyl (C=O) groups is 6. The third-order valence-electron chi connectivity index (χ3n) is 4.91. The van der Waals surface area contributed by atoms with Crippen LogP contribution in [0.3, 0.4) is 0 Å². The maximum atomic E-state index is 12.9. The van der Waals surface area contributed by atoms with Crippen molar-refractivity contribution in [3.8, 4) is 0 Å². The maximum Gasteiger partial charge on any atom is 0.328 e. The van der Waals surface area contributed by atoms with Gasteiger partial charge in [-0.25, -0.2) is 4.79 Å². The Hall–Kier alpha value is -3.30. The van der Waals surface area contributed by atoms with E-state index in [2.05, 4.69) is 10.6 Å². The monoisotopic (exact) mass is 505 g/mol. The number of unbranched alkanes of at least 4 members (excludes halogenated alkanes) is 1. The first-order chi connectivity index (χ1) is 16.3. The Morgan fingerprint density at radius 1 is 0.743 bits per heavy atom. The number of carboxylic acids is 3. The van der Waals surface area contributed by atoms with Gasteiger partial charge in [-0.3, -0.25) is 24.0 Å². The number of aliphatic hydroxyl groups is 1. The second kappa shape index (κ2) is 16.3. The van der Waals surface area contributed by atoms with Gasteiger partial charge in [0, 0.05) is 12.8 Å². The number of nitrogens with one attached hydrogen (secondary N) is 3. The molecule has 0 aliphatic heterocycles. The molecule has 15 heteroatoms. The average molecular weight is 506 g/mol. The Kier molecular flexibility index (Phi) is 14.8. The van der Waals surface area contributed by atoms with Crippen LogP contribution in [0.5, 0.6) is 0 Å². The average Bonchev–Trinajstić information content (AvgIpc) is 2.76. The van der Waals surface area contributed by atoms with Gasteiger partial charge in [0.25, 0.3) is 0 Å². The molecule has 0 aromatic heterocycles. The van der Waals surface area contributed by atoms with E-state index in [0.29, 0.717) is 19.4 Å². The summed E-state index contributed by atoms with van der Waals surface area (Å²) in [6, 6.07) is -5.63. The number of hydrogen-bond acceptors (Lipinski definition) is 9. The van der Waals surface area contributed by atoms with Gasteiger partial charge in [-0.2, -0.15) is 0 Å². The van der Waals surface area contributed by atoms with E-state index < -0.39 is 78.7 Å². The van der Waals surface area contributed by atoms with Crippen molar-refractivity contribution >= 4 is 35.6 Å². The zero-order chi connectivity index (χ0) is 27.1. The lowest BCUT2D eigenvalue weighted by molar-refractivity contribution is -0.145. The van der Waals surface area contributed by atoms with E-state index in [1.807, 2.05) is 5.32 Å². The van der Waals surface area contributed by atoms with E-state index in [-0.39, 0.29) is 19.3 Å². The van der Waals surface area contributed by atoms with Gasteiger partial charge in [-0.1, -0.05) is 0 Å². The van der Waals surface area contributed by atoms with E-state index >= 15 is 0 Å². The van der Waals surface area contributed by atoms with Crippen LogP contribution in [0.2, 0.25) is 0 Å². The molecule has 0 aromatic carbocycles. The number of carbonyl (C=O) groups excluding carboxylic acids is 3. The molecular formula is C20H35N5O10. The highest BCUT2D eigenvalue weighted by Gasteiger charge is 2.32. The lowest BCUT2D eigenvalue weighted by Crippen LogP contribution is -2.58. The Morgan fingerprint density at radius 3 is 1.71 bits per heavy atom. The van der Waals surface area contributed by atoms with Crippen molar-refractivity contribution in [3.05, 3.63) is 0 Å². The number of hydrogen-bond donors (Lipinski definition) is 9. The normalized spacial score (nSPS) is 15.1. The van der Waals surface area contributed by atoms with Crippen molar-refractivity contribution in [2.45, 2.75) is 82.1 Å². The van der Waals surface area contributed by atoms with Gasteiger partial charge in [-0.15, -0.1) is 0 Å². The van der Waals surface area contributed by atoms with Gasteiger partial charge in [0.15, 0.2) is 6.04 Å². The summed E-state index contributed by atoms with van der Waals surface area (Å²) >= 11 is 0. The fourth-order valence-corrected chi connectivity index (χ4v) is 2.90. The first kappa shape index (κ1) is 31.7. The van der Waals surface area contributed by atoms with Gasteiger partial charge in [0.2, 0.25) is 17.7 Å². The molecule has 0 heterocycles. The molecule has 11 N–H and O–H groups in total. The zero-order valence-electron chi connectivity index (χ0n) is 19.4. The molecule has 0 radical (unpaired) electrons. The van der Waals surface area contributed by atoms with Gasteiger partial charge in [-0.05, 0) is 45.6 Å². The summed E-state index contributed by atoms with van der Waals surface area (Å²) in [5.41, 5.74) is 11.1. The number of rotatable bonds is 18. The lowest BCUT2D eigenvalue weighted by Gasteiger charge is -2.25. The standard InChI is InChI=1S/C20H35N5O10/c1-10(26)16(20(34)35)25-19(33)13(6-8-15(29)30)24-18(32)12(4-2-3-9-21)23-17(31)11(22)5-7-14(27)28/h10-13,16,26H,2-9,21-22H2,1H3,(H,23,31)(H,24,32)(H,25,33)(H,27,28)(H,29,30)(H,34,35). The summed E-state index contributed by atoms with van der Waals surface area (Å²) in [6.45, 7) is 1.43. The van der Waals surface area contributed by atoms with Crippen LogP contribution in [0.15, 0.2) is 0 Å². The predicted molar refractivity (Wildman–Crippen MR) is 120 cm³/mol. The molecule has 0 spiro atoms. The summed E-state index contributed by atoms with van der Waals surface area (Å²) in [5.74, 6) is -6.69. The number of nitrogens with two attached hydrogens (primary N) is 2. The van der Waals surface area contributed by atoms with Crippen LogP contribution < -0.4 is 27.4 Å². The van der Waals surface area contributed by atoms with Crippen LogP contribution >= 0.6 is 0 Å². The van der Waals surface area contributed by atoms with E-state index in [1.54, 1.807) is 0 Å². The molecule has 5 atom stereocenters. The molecule has 0 saturated heterocycles. The maximum absolute atomic E-state index is 12.9. The molecule has 0 bridgehead atoms. The van der Waals surface area contributed by atoms with Gasteiger partial charge in [0.1, 0.15) is 12.1 Å². The second-order valence-electron chi connectivity index (χ2n) is 7.94. The Morgan fingerprint density at radius 2 is 1.23 bits per heavy atom. The van der Waals surface area contributed by atoms with Crippen LogP contribution in [-0.4, -0.2) is 92.9 Å². The van der Waals surface area contributed by atoms with Crippen molar-refractivity contribution in [2.75, 3.05) is 6.54 Å². The van der Waals surface area contributed by atoms with Crippen molar-refractivity contribution < 1.29 is 49.2 Å². The van der Waals surface area contributed by atoms with Crippen LogP contribution in [0, 0.1) is 0 Å². The van der Waals surface area contributed by atoms with Crippen molar-refractivity contribution in [2.24, 2.45) is 11.5 Å². The molecule has 0 aliphatic carbocycles. The van der Waals surface area contributed by atoms with Crippen LogP contribution in [0.4, 0.5) is 0 Å². The Balaban J connectivity index is 5.55. The molecule has 35 heavy (non-hydrogen) atoms. The second-order valence-corrected chi connectivity index (χ2v) is 7.94. The van der Waals surface area contributed by atoms with Gasteiger partial charge in [0.05, 0.1) is 12.1 Å². The predicted octanol–water partition coefficient (Wildman–Crippen LogP) is -2.91. The minimum atomic E-state index is -1.71. The Labute approximate surface area is 201 Å². The zero-order valence-corrected chi connectivity index (χ0v) is 19.4. The van der Waals surface area contributed by atoms with E-state index in [0.717, 1.165) is 6.92 Å². The lowest BCUT2D eigenvalue weighted by atomic mass is 10.0. The summed E-state index contributed by atoms with van der Waals surface area (Å²) in [6.07, 6.45) is -2.00. The molecule has 5 unspecified atom stereocenters. The number of aliphatic hydroxyl groups excluding tert-OH is 1. The first-order valence-corrected chi connectivity index (χ1v) is 11.0. The summed E-state index contributed by atoms with van der Waals surface area (Å²) in [4.78, 5) is 70.8. The van der Waals surface area contributed by atoms with Gasteiger partial charge >= 0.3 is 17.9 Å². The smallest absolute Gasteiger partial charge is 0.328 e. The first-order valence-electron chi connectivity index (χ1n) is 11.0. The quantitative estimate of drug-likeness (QED) is 0.0848. The largest absolute Gasteiger partial charge is 0.481 e. The molecule has 0 rings (SSSR count). The minimum Gasteiger partial charge on any atom is -0.481 e. The van der Waals surface area contributed by atoms with E-state index in [4.69, 9.17) is 26.8 Å². The molecular weight excluding hydrogens is 470 g/mol. The molecule has 0 fully saturated rings. The van der Waals surface area contributed by atoms with Crippen molar-refractivity contribution in [3.63, 3.8) is 0 Å². The molecule has 0 aliphatic rings. The fourth-order valence-electron chi connectivity index (χ4n) is 2.90. The SMILES string of the molecule is CC(O)C(NC(=O)C(CCC(=O)O)NC(=O)C(CCCCN)NC(=O)C(N)CCC(=O)O)C(=O)O. The highest BCUT2D eigenvalue weighted by molar-refractivity contribution is 5.94. The van der Waals surface area contributed by atoms with E-state index in [9.17, 15) is 33.9 Å². The third kappa shape index (κ3) is 13.2. The highest BCUT2D eigenvalue weighted by atomic mass is 16.4. The van der Waals surface area contributed by atoms with Crippen LogP contribution in [0.1, 0.15) is 51.9 Å². The van der Waals surface area contributed by atoms with Crippen molar-refractivity contribution in [1.82, 2.24) is 16.0 Å². The van der Waals surface area contributed by atoms with Crippen molar-refractivity contribution in [1.29, 1.82) is 0 Å². The van der Waals surface area contributed by atoms with Gasteiger partial charge < -0.3 is 47.8 Å². The molecule has 200 valence electrons. The topological polar surface area (TPSA) is 271 Å². The summed E-state index contributed by atoms with van der Waals surface area (Å²) in [7, 11) is 0. The number of carboxylic acid groups (broad SMARTS) is 3. The molecule has 15 nitrogen and oxygen atoms in total. The fraction of sp³-hybridized carbons (Fsp3) is 0.700. The summed E-state index contributed by atoms with van der Waals surface area (Å²) in [5, 5.41) is 43.2. The van der Waals surface area contributed by atoms with Crippen LogP contribution in [-0.2, 0) is 28.8 Å². The van der Waals surface area contributed by atoms with E-state index in [1.165, 1.54) is 0 Å². The minimum absolute atomic E-state index is 0.0825. The number of aliphatic carboxylic acids is 3. The molecule has 3 amide bonds. The third-order valence-corrected chi connectivity index (χ3v) is 4.91. The highest BCUT2D eigenvalue weighted by Crippen LogP contribution is 2.06. The summed E-state index contributed by atoms with van der Waals surface area (Å²) < 4.78 is 0. The molecule has 0 saturated carbocycles. The Bertz CT molecular complexity index is 761.